The number of hydrogen-bond donors (Lipinski definition) is 5. The summed E-state index contributed by atoms with van der Waals surface area (Å²) in [6.07, 6.45) is -0.0339. The molecule has 0 unspecified atom stereocenters. The van der Waals surface area contributed by atoms with Crippen LogP contribution in [0.5, 0.6) is 0 Å². The summed E-state index contributed by atoms with van der Waals surface area (Å²) in [5, 5.41) is 22.1. The van der Waals surface area contributed by atoms with Gasteiger partial charge in [-0.25, -0.2) is 0 Å². The first kappa shape index (κ1) is 24.9. The highest BCUT2D eigenvalue weighted by Gasteiger charge is 2.27. The number of Topliss-reactive ketones (excluding diaryl/α,β-unsaturated/α-hetero) is 1. The number of nitrogens with two attached hydrogens (primary N) is 1. The molecule has 27 heavy (non-hydrogen) atoms. The summed E-state index contributed by atoms with van der Waals surface area (Å²) in [6, 6.07) is -2.23. The van der Waals surface area contributed by atoms with Crippen molar-refractivity contribution in [1.82, 2.24) is 10.6 Å². The number of carbonyl (C=O) groups is 5. The highest BCUT2D eigenvalue weighted by atomic mass is 32.2. The molecule has 0 aromatic heterocycles. The number of carboxylic acid groups (broad SMARTS) is 2. The third-order valence-corrected chi connectivity index (χ3v) is 4.81. The topological polar surface area (TPSA) is 176 Å². The molecule has 0 aliphatic carbocycles. The molecule has 0 fully saturated rings. The fraction of sp³-hybridized carbons (Fsp3) is 0.688. The van der Waals surface area contributed by atoms with Crippen LogP contribution in [0.3, 0.4) is 0 Å². The van der Waals surface area contributed by atoms with Crippen LogP contribution in [-0.4, -0.2) is 68.9 Å². The summed E-state index contributed by atoms with van der Waals surface area (Å²) in [6.45, 7) is 4.49. The maximum absolute atomic E-state index is 12.2. The second-order valence-corrected chi connectivity index (χ2v) is 8.39. The maximum atomic E-state index is 12.2. The lowest BCUT2D eigenvalue weighted by Gasteiger charge is -2.26. The number of carbonyl (C=O) groups excluding carboxylic acids is 3. The van der Waals surface area contributed by atoms with Gasteiger partial charge in [-0.15, -0.1) is 0 Å². The van der Waals surface area contributed by atoms with E-state index >= 15 is 0 Å². The molecule has 0 saturated carbocycles. The zero-order chi connectivity index (χ0) is 21.2. The second kappa shape index (κ2) is 11.5. The van der Waals surface area contributed by atoms with Crippen molar-refractivity contribution in [1.29, 1.82) is 0 Å². The van der Waals surface area contributed by atoms with E-state index in [1.165, 1.54) is 18.7 Å². The first-order valence-electron chi connectivity index (χ1n) is 8.24. The third-order valence-electron chi connectivity index (χ3n) is 3.38. The van der Waals surface area contributed by atoms with E-state index in [0.29, 0.717) is 0 Å². The van der Waals surface area contributed by atoms with Crippen molar-refractivity contribution >= 4 is 41.3 Å². The quantitative estimate of drug-likeness (QED) is 0.266. The van der Waals surface area contributed by atoms with E-state index < -0.39 is 47.1 Å². The summed E-state index contributed by atoms with van der Waals surface area (Å²) in [5.41, 5.74) is 5.34. The minimum atomic E-state index is -1.24. The van der Waals surface area contributed by atoms with Crippen molar-refractivity contribution in [2.45, 2.75) is 56.9 Å². The van der Waals surface area contributed by atoms with Gasteiger partial charge in [0.2, 0.25) is 11.8 Å². The zero-order valence-electron chi connectivity index (χ0n) is 15.6. The van der Waals surface area contributed by atoms with Gasteiger partial charge in [0.05, 0.1) is 0 Å². The van der Waals surface area contributed by atoms with Crippen LogP contribution >= 0.6 is 11.8 Å². The first-order chi connectivity index (χ1) is 12.3. The van der Waals surface area contributed by atoms with E-state index in [0.717, 1.165) is 0 Å². The van der Waals surface area contributed by atoms with Crippen molar-refractivity contribution in [2.24, 2.45) is 5.73 Å². The summed E-state index contributed by atoms with van der Waals surface area (Å²) in [7, 11) is 0. The summed E-state index contributed by atoms with van der Waals surface area (Å²) in [4.78, 5) is 56.8. The fourth-order valence-electron chi connectivity index (χ4n) is 2.10. The van der Waals surface area contributed by atoms with Crippen molar-refractivity contribution < 1.29 is 34.2 Å². The van der Waals surface area contributed by atoms with Gasteiger partial charge in [0, 0.05) is 23.3 Å². The summed E-state index contributed by atoms with van der Waals surface area (Å²) >= 11 is 1.29. The molecular weight excluding hydrogens is 378 g/mol. The number of aliphatic carboxylic acids is 2. The van der Waals surface area contributed by atoms with Crippen molar-refractivity contribution in [3.8, 4) is 0 Å². The highest BCUT2D eigenvalue weighted by molar-refractivity contribution is 8.00. The Bertz CT molecular complexity index is 580. The Balaban J connectivity index is 4.89. The van der Waals surface area contributed by atoms with Crippen molar-refractivity contribution in [3.05, 3.63) is 0 Å². The largest absolute Gasteiger partial charge is 0.480 e. The van der Waals surface area contributed by atoms with Gasteiger partial charge in [0.15, 0.2) is 0 Å². The Morgan fingerprint density at radius 3 is 2.22 bits per heavy atom. The van der Waals surface area contributed by atoms with Crippen molar-refractivity contribution in [2.75, 3.05) is 12.3 Å². The standard InChI is InChI=1S/C16H27N3O7S/c1-9(20)6-16(2,3)27-8-11(14(24)18-7-13(22)23)19-12(21)5-4-10(17)15(25)26/h10-11H,4-8,17H2,1-3H3,(H,18,24)(H,19,21)(H,22,23)(H,25,26)/t10-,11+/m0/s1. The molecule has 0 rings (SSSR count). The average molecular weight is 405 g/mol. The minimum Gasteiger partial charge on any atom is -0.480 e. The van der Waals surface area contributed by atoms with E-state index in [4.69, 9.17) is 15.9 Å². The first-order valence-corrected chi connectivity index (χ1v) is 9.23. The highest BCUT2D eigenvalue weighted by Crippen LogP contribution is 2.28. The monoisotopic (exact) mass is 405 g/mol. The molecule has 2 amide bonds. The lowest BCUT2D eigenvalue weighted by atomic mass is 10.1. The SMILES string of the molecule is CC(=O)CC(C)(C)SC[C@@H](NC(=O)CC[C@H](N)C(=O)O)C(=O)NCC(=O)O. The van der Waals surface area contributed by atoms with Crippen LogP contribution < -0.4 is 16.4 Å². The number of amides is 2. The molecule has 0 aromatic rings. The van der Waals surface area contributed by atoms with Gasteiger partial charge >= 0.3 is 11.9 Å². The Kier molecular flexibility index (Phi) is 10.6. The van der Waals surface area contributed by atoms with Crippen LogP contribution in [0.4, 0.5) is 0 Å². The van der Waals surface area contributed by atoms with Gasteiger partial charge in [-0.05, 0) is 13.3 Å². The molecule has 6 N–H and O–H groups in total. The van der Waals surface area contributed by atoms with Gasteiger partial charge < -0.3 is 26.6 Å². The van der Waals surface area contributed by atoms with Crippen molar-refractivity contribution in [3.63, 3.8) is 0 Å². The smallest absolute Gasteiger partial charge is 0.322 e. The van der Waals surface area contributed by atoms with Gasteiger partial charge in [-0.3, -0.25) is 24.0 Å². The van der Waals surface area contributed by atoms with Crippen LogP contribution in [-0.2, 0) is 24.0 Å². The predicted octanol–water partition coefficient (Wildman–Crippen LogP) is -0.645. The van der Waals surface area contributed by atoms with Gasteiger partial charge in [0.25, 0.3) is 0 Å². The molecule has 154 valence electrons. The minimum absolute atomic E-state index is 0.0222. The molecule has 0 aliphatic heterocycles. The normalized spacial score (nSPS) is 13.3. The van der Waals surface area contributed by atoms with E-state index in [-0.39, 0.29) is 30.8 Å². The van der Waals surface area contributed by atoms with Crippen LogP contribution in [0.2, 0.25) is 0 Å². The van der Waals surface area contributed by atoms with Gasteiger partial charge in [-0.2, -0.15) is 11.8 Å². The molecule has 10 nitrogen and oxygen atoms in total. The summed E-state index contributed by atoms with van der Waals surface area (Å²) < 4.78 is -0.479. The van der Waals surface area contributed by atoms with Gasteiger partial charge in [0.1, 0.15) is 24.4 Å². The second-order valence-electron chi connectivity index (χ2n) is 6.66. The molecule has 2 atom stereocenters. The Labute approximate surface area is 161 Å². The molecule has 0 bridgehead atoms. The zero-order valence-corrected chi connectivity index (χ0v) is 16.4. The van der Waals surface area contributed by atoms with Crippen LogP contribution in [0, 0.1) is 0 Å². The number of carboxylic acids is 2. The Morgan fingerprint density at radius 2 is 1.74 bits per heavy atom. The number of nitrogens with one attached hydrogen (secondary N) is 2. The Hall–Kier alpha value is -2.14. The van der Waals surface area contributed by atoms with Gasteiger partial charge in [-0.1, -0.05) is 13.8 Å². The molecule has 0 saturated heterocycles. The molecule has 11 heteroatoms. The van der Waals surface area contributed by atoms with Crippen LogP contribution in [0.15, 0.2) is 0 Å². The van der Waals surface area contributed by atoms with E-state index in [1.54, 1.807) is 0 Å². The average Bonchev–Trinajstić information content (AvgIpc) is 2.52. The fourth-order valence-corrected chi connectivity index (χ4v) is 3.26. The summed E-state index contributed by atoms with van der Waals surface area (Å²) in [5.74, 6) is -3.63. The number of thioether (sulfide) groups is 1. The lowest BCUT2D eigenvalue weighted by molar-refractivity contribution is -0.139. The van der Waals surface area contributed by atoms with Crippen LogP contribution in [0.25, 0.3) is 0 Å². The Morgan fingerprint density at radius 1 is 1.15 bits per heavy atom. The third kappa shape index (κ3) is 12.0. The molecular formula is C16H27N3O7S. The van der Waals surface area contributed by atoms with Crippen LogP contribution in [0.1, 0.15) is 40.0 Å². The van der Waals surface area contributed by atoms with E-state index in [2.05, 4.69) is 10.6 Å². The number of hydrogen-bond acceptors (Lipinski definition) is 7. The number of ketones is 1. The molecule has 0 aliphatic rings. The lowest BCUT2D eigenvalue weighted by Crippen LogP contribution is -2.50. The van der Waals surface area contributed by atoms with E-state index in [9.17, 15) is 24.0 Å². The molecule has 0 aromatic carbocycles. The van der Waals surface area contributed by atoms with E-state index in [1.807, 2.05) is 13.8 Å². The molecule has 0 radical (unpaired) electrons. The molecule has 0 spiro atoms. The predicted molar refractivity (Wildman–Crippen MR) is 99.3 cm³/mol. The maximum Gasteiger partial charge on any atom is 0.322 e. The molecule has 0 heterocycles. The number of rotatable bonds is 13.